The molecule has 0 saturated carbocycles. The van der Waals surface area contributed by atoms with Crippen LogP contribution in [0, 0.1) is 0 Å². The van der Waals surface area contributed by atoms with E-state index in [1.54, 1.807) is 23.7 Å². The molecule has 2 amide bonds. The molecule has 4 aromatic rings. The number of nitrogens with zero attached hydrogens (tertiary/aromatic N) is 5. The van der Waals surface area contributed by atoms with Gasteiger partial charge in [0.05, 0.1) is 36.2 Å². The Balaban J connectivity index is 1.38. The van der Waals surface area contributed by atoms with Gasteiger partial charge in [-0.15, -0.1) is 0 Å². The fourth-order valence-electron chi connectivity index (χ4n) is 3.56. The van der Waals surface area contributed by atoms with Crippen LogP contribution in [0.3, 0.4) is 0 Å². The van der Waals surface area contributed by atoms with Crippen LogP contribution in [0.5, 0.6) is 0 Å². The Hall–Kier alpha value is -4.05. The molecule has 1 fully saturated rings. The SMILES string of the molecule is Cn1ncc(C(=O)NC2(C)COC2)c1C(=O)Nc1ccn2cc(-c3ccccc3)nc2n1. The second-order valence-corrected chi connectivity index (χ2v) is 8.00. The van der Waals surface area contributed by atoms with Crippen LogP contribution in [-0.4, -0.2) is 54.7 Å². The molecule has 0 atom stereocenters. The first-order chi connectivity index (χ1) is 15.4. The number of carbonyl (C=O) groups is 2. The van der Waals surface area contributed by atoms with E-state index in [-0.39, 0.29) is 17.2 Å². The van der Waals surface area contributed by atoms with Crippen molar-refractivity contribution in [3.8, 4) is 11.3 Å². The Bertz CT molecular complexity index is 1320. The number of hydrogen-bond acceptors (Lipinski definition) is 6. The number of aryl methyl sites for hydroxylation is 1. The average Bonchev–Trinajstić information content (AvgIpc) is 3.36. The second kappa shape index (κ2) is 7.57. The highest BCUT2D eigenvalue weighted by Gasteiger charge is 2.36. The molecule has 0 aliphatic carbocycles. The van der Waals surface area contributed by atoms with Crippen molar-refractivity contribution in [2.75, 3.05) is 18.5 Å². The largest absolute Gasteiger partial charge is 0.376 e. The molecular weight excluding hydrogens is 410 g/mol. The molecule has 0 unspecified atom stereocenters. The maximum atomic E-state index is 13.0. The standard InChI is InChI=1S/C22H21N7O3/c1-22(12-32-13-22)27-19(30)15-10-23-28(2)18(15)20(31)25-17-8-9-29-11-16(24-21(29)26-17)14-6-4-3-5-7-14/h3-11H,12-13H2,1-2H3,(H,27,30)(H,24,25,26,31). The summed E-state index contributed by atoms with van der Waals surface area (Å²) in [5.41, 5.74) is 1.64. The molecule has 3 aromatic heterocycles. The molecular formula is C22H21N7O3. The van der Waals surface area contributed by atoms with Crippen LogP contribution in [0.15, 0.2) is 55.0 Å². The Morgan fingerprint density at radius 3 is 2.59 bits per heavy atom. The number of benzene rings is 1. The monoisotopic (exact) mass is 431 g/mol. The van der Waals surface area contributed by atoms with Crippen molar-refractivity contribution >= 4 is 23.4 Å². The molecule has 10 nitrogen and oxygen atoms in total. The van der Waals surface area contributed by atoms with Crippen LogP contribution in [0.2, 0.25) is 0 Å². The number of amides is 2. The topological polar surface area (TPSA) is 115 Å². The number of nitrogens with one attached hydrogen (secondary N) is 2. The minimum absolute atomic E-state index is 0.140. The Morgan fingerprint density at radius 2 is 1.88 bits per heavy atom. The Kier molecular flexibility index (Phi) is 4.71. The zero-order chi connectivity index (χ0) is 22.3. The van der Waals surface area contributed by atoms with Crippen LogP contribution in [0.4, 0.5) is 5.82 Å². The van der Waals surface area contributed by atoms with Crippen LogP contribution >= 0.6 is 0 Å². The molecule has 1 saturated heterocycles. The number of carbonyl (C=O) groups excluding carboxylic acids is 2. The Morgan fingerprint density at radius 1 is 1.09 bits per heavy atom. The number of rotatable bonds is 5. The smallest absolute Gasteiger partial charge is 0.275 e. The fraction of sp³-hybridized carbons (Fsp3) is 0.227. The van der Waals surface area contributed by atoms with Gasteiger partial charge in [0.25, 0.3) is 11.8 Å². The van der Waals surface area contributed by atoms with E-state index in [9.17, 15) is 9.59 Å². The van der Waals surface area contributed by atoms with Gasteiger partial charge in [0.1, 0.15) is 11.5 Å². The van der Waals surface area contributed by atoms with Gasteiger partial charge in [-0.3, -0.25) is 18.7 Å². The molecule has 4 heterocycles. The van der Waals surface area contributed by atoms with Gasteiger partial charge in [0, 0.05) is 25.0 Å². The molecule has 0 bridgehead atoms. The molecule has 1 aromatic carbocycles. The number of anilines is 1. The van der Waals surface area contributed by atoms with Crippen LogP contribution in [-0.2, 0) is 11.8 Å². The first-order valence-electron chi connectivity index (χ1n) is 10.1. The predicted molar refractivity (Wildman–Crippen MR) is 116 cm³/mol. The van der Waals surface area contributed by atoms with Crippen LogP contribution in [0.25, 0.3) is 17.0 Å². The molecule has 5 rings (SSSR count). The highest BCUT2D eigenvalue weighted by atomic mass is 16.5. The van der Waals surface area contributed by atoms with Gasteiger partial charge in [0.15, 0.2) is 0 Å². The summed E-state index contributed by atoms with van der Waals surface area (Å²) in [4.78, 5) is 34.7. The van der Waals surface area contributed by atoms with Gasteiger partial charge in [-0.2, -0.15) is 10.1 Å². The minimum Gasteiger partial charge on any atom is -0.376 e. The lowest BCUT2D eigenvalue weighted by atomic mass is 10.00. The molecule has 10 heteroatoms. The number of ether oxygens (including phenoxy) is 1. The van der Waals surface area contributed by atoms with E-state index in [0.29, 0.717) is 24.8 Å². The van der Waals surface area contributed by atoms with Crippen molar-refractivity contribution in [3.05, 3.63) is 66.2 Å². The first kappa shape index (κ1) is 19.9. The van der Waals surface area contributed by atoms with E-state index >= 15 is 0 Å². The van der Waals surface area contributed by atoms with Gasteiger partial charge in [-0.1, -0.05) is 30.3 Å². The third-order valence-electron chi connectivity index (χ3n) is 5.29. The summed E-state index contributed by atoms with van der Waals surface area (Å²) in [6.45, 7) is 2.75. The summed E-state index contributed by atoms with van der Waals surface area (Å²) < 4.78 is 8.32. The number of hydrogen-bond donors (Lipinski definition) is 2. The van der Waals surface area contributed by atoms with E-state index in [2.05, 4.69) is 25.7 Å². The predicted octanol–water partition coefficient (Wildman–Crippen LogP) is 1.90. The Labute approximate surface area is 183 Å². The van der Waals surface area contributed by atoms with Crippen LogP contribution < -0.4 is 10.6 Å². The van der Waals surface area contributed by atoms with Crippen molar-refractivity contribution in [3.63, 3.8) is 0 Å². The number of aromatic nitrogens is 5. The maximum absolute atomic E-state index is 13.0. The normalized spacial score (nSPS) is 14.7. The summed E-state index contributed by atoms with van der Waals surface area (Å²) >= 11 is 0. The molecule has 162 valence electrons. The third-order valence-corrected chi connectivity index (χ3v) is 5.29. The summed E-state index contributed by atoms with van der Waals surface area (Å²) in [7, 11) is 1.61. The number of fused-ring (bicyclic) bond motifs is 1. The molecule has 0 spiro atoms. The third kappa shape index (κ3) is 3.60. The van der Waals surface area contributed by atoms with Crippen LogP contribution in [0.1, 0.15) is 27.8 Å². The van der Waals surface area contributed by atoms with E-state index < -0.39 is 11.4 Å². The summed E-state index contributed by atoms with van der Waals surface area (Å²) in [5.74, 6) is -0.0998. The van der Waals surface area contributed by atoms with Gasteiger partial charge in [0.2, 0.25) is 5.78 Å². The first-order valence-corrected chi connectivity index (χ1v) is 10.1. The molecule has 2 N–H and O–H groups in total. The highest BCUT2D eigenvalue weighted by molar-refractivity contribution is 6.11. The van der Waals surface area contributed by atoms with Crippen molar-refractivity contribution in [2.45, 2.75) is 12.5 Å². The lowest BCUT2D eigenvalue weighted by Gasteiger charge is -2.38. The number of imidazole rings is 1. The zero-order valence-corrected chi connectivity index (χ0v) is 17.6. The zero-order valence-electron chi connectivity index (χ0n) is 17.6. The summed E-state index contributed by atoms with van der Waals surface area (Å²) in [6, 6.07) is 11.4. The summed E-state index contributed by atoms with van der Waals surface area (Å²) in [6.07, 6.45) is 5.02. The van der Waals surface area contributed by atoms with E-state index in [0.717, 1.165) is 11.3 Å². The average molecular weight is 431 g/mol. The molecule has 1 aliphatic heterocycles. The van der Waals surface area contributed by atoms with Gasteiger partial charge in [-0.05, 0) is 13.0 Å². The van der Waals surface area contributed by atoms with E-state index in [4.69, 9.17) is 4.74 Å². The van der Waals surface area contributed by atoms with E-state index in [1.807, 2.05) is 43.5 Å². The quantitative estimate of drug-likeness (QED) is 0.499. The molecule has 1 aliphatic rings. The van der Waals surface area contributed by atoms with Gasteiger partial charge < -0.3 is 15.4 Å². The summed E-state index contributed by atoms with van der Waals surface area (Å²) in [5, 5.41) is 9.73. The maximum Gasteiger partial charge on any atom is 0.275 e. The van der Waals surface area contributed by atoms with Gasteiger partial charge in [-0.25, -0.2) is 4.98 Å². The van der Waals surface area contributed by atoms with Crippen molar-refractivity contribution < 1.29 is 14.3 Å². The van der Waals surface area contributed by atoms with E-state index in [1.165, 1.54) is 10.9 Å². The van der Waals surface area contributed by atoms with Crippen molar-refractivity contribution in [1.82, 2.24) is 29.5 Å². The lowest BCUT2D eigenvalue weighted by Crippen LogP contribution is -2.60. The molecule has 0 radical (unpaired) electrons. The second-order valence-electron chi connectivity index (χ2n) is 8.00. The van der Waals surface area contributed by atoms with Crippen molar-refractivity contribution in [2.24, 2.45) is 7.05 Å². The van der Waals surface area contributed by atoms with Crippen molar-refractivity contribution in [1.29, 1.82) is 0 Å². The fourth-order valence-corrected chi connectivity index (χ4v) is 3.56. The van der Waals surface area contributed by atoms with Gasteiger partial charge >= 0.3 is 0 Å². The molecule has 32 heavy (non-hydrogen) atoms. The lowest BCUT2D eigenvalue weighted by molar-refractivity contribution is -0.0593. The minimum atomic E-state index is -0.489. The highest BCUT2D eigenvalue weighted by Crippen LogP contribution is 2.20.